The van der Waals surface area contributed by atoms with Gasteiger partial charge in [-0.25, -0.2) is 8.42 Å². The maximum atomic E-state index is 13.7. The standard InChI is InChI=1S/C37H58O12S2/c1-24-18-27(15-16-32(39)25(2)19-28(12-11-17-38)49-50(7,40)41)46-33(26(24)3)21-34-31(23-51(42,43)30-13-9-8-10-14-30)36(44-6)35(47-34)20-29-22-45-37(4,5)48-29/h8-10,13-14,24,27-29,31-36,38-39H,2-3,11-12,15-23H2,1,4-7H3/t24-,27+,28-,29+,31+,32+,33+,34+,35-,36-/m1/s1. The fraction of sp³-hybridized carbons (Fsp3) is 0.730. The van der Waals surface area contributed by atoms with E-state index in [1.165, 1.54) is 0 Å². The van der Waals surface area contributed by atoms with Crippen molar-refractivity contribution >= 4 is 20.0 Å². The molecule has 4 rings (SSSR count). The van der Waals surface area contributed by atoms with Gasteiger partial charge in [0, 0.05) is 32.5 Å². The van der Waals surface area contributed by atoms with Gasteiger partial charge in [0.1, 0.15) is 0 Å². The fourth-order valence-corrected chi connectivity index (χ4v) is 9.86. The molecule has 0 spiro atoms. The maximum absolute atomic E-state index is 13.7. The van der Waals surface area contributed by atoms with Gasteiger partial charge in [0.05, 0.1) is 72.3 Å². The van der Waals surface area contributed by atoms with E-state index in [9.17, 15) is 27.0 Å². The predicted molar refractivity (Wildman–Crippen MR) is 192 cm³/mol. The zero-order chi connectivity index (χ0) is 37.6. The fourth-order valence-electron chi connectivity index (χ4n) is 7.52. The Morgan fingerprint density at radius 2 is 1.76 bits per heavy atom. The average Bonchev–Trinajstić information content (AvgIpc) is 3.56. The number of aliphatic hydroxyl groups excluding tert-OH is 2. The van der Waals surface area contributed by atoms with E-state index in [4.69, 9.17) is 27.9 Å². The normalized spacial score (nSPS) is 31.1. The van der Waals surface area contributed by atoms with Gasteiger partial charge in [-0.1, -0.05) is 38.3 Å². The Hall–Kier alpha value is -1.72. The highest BCUT2D eigenvalue weighted by molar-refractivity contribution is 7.91. The Labute approximate surface area is 304 Å². The van der Waals surface area contributed by atoms with E-state index in [-0.39, 0.29) is 41.8 Å². The number of rotatable bonds is 19. The van der Waals surface area contributed by atoms with Crippen LogP contribution in [0.1, 0.15) is 72.1 Å². The molecule has 3 heterocycles. The topological polar surface area (TPSA) is 164 Å². The van der Waals surface area contributed by atoms with Gasteiger partial charge in [0.2, 0.25) is 0 Å². The monoisotopic (exact) mass is 758 g/mol. The minimum Gasteiger partial charge on any atom is -0.396 e. The van der Waals surface area contributed by atoms with Crippen molar-refractivity contribution < 1.29 is 54.9 Å². The number of hydrogen-bond acceptors (Lipinski definition) is 12. The molecule has 51 heavy (non-hydrogen) atoms. The van der Waals surface area contributed by atoms with Crippen molar-refractivity contribution in [2.24, 2.45) is 11.8 Å². The van der Waals surface area contributed by atoms with E-state index in [1.807, 2.05) is 13.8 Å². The van der Waals surface area contributed by atoms with Crippen molar-refractivity contribution in [2.75, 3.05) is 32.3 Å². The van der Waals surface area contributed by atoms with Crippen LogP contribution in [0.2, 0.25) is 0 Å². The van der Waals surface area contributed by atoms with E-state index in [1.54, 1.807) is 37.4 Å². The predicted octanol–water partition coefficient (Wildman–Crippen LogP) is 4.35. The molecular formula is C37H58O12S2. The van der Waals surface area contributed by atoms with Gasteiger partial charge in [-0.05, 0) is 81.6 Å². The molecule has 3 fully saturated rings. The molecule has 0 radical (unpaired) electrons. The average molecular weight is 759 g/mol. The Bertz CT molecular complexity index is 1510. The first-order valence-corrected chi connectivity index (χ1v) is 21.3. The molecule has 3 aliphatic heterocycles. The maximum Gasteiger partial charge on any atom is 0.264 e. The summed E-state index contributed by atoms with van der Waals surface area (Å²) in [5.41, 5.74) is 1.35. The van der Waals surface area contributed by atoms with Gasteiger partial charge in [-0.15, -0.1) is 0 Å². The Morgan fingerprint density at radius 3 is 2.37 bits per heavy atom. The SMILES string of the molecule is C=C1[C@H](C)C[C@H](CC[C@H](O)C(=C)C[C@@H](CCCO)OS(C)(=O)=O)O[C@H]1C[C@@H]1O[C@H](C[C@H]2COC(C)(C)O2)[C@H](OC)[C@H]1CS(=O)(=O)c1ccccc1. The molecule has 1 aromatic rings. The number of ether oxygens (including phenoxy) is 5. The molecule has 0 saturated carbocycles. The van der Waals surface area contributed by atoms with Gasteiger partial charge >= 0.3 is 0 Å². The van der Waals surface area contributed by atoms with E-state index in [0.29, 0.717) is 57.1 Å². The molecular weight excluding hydrogens is 701 g/mol. The van der Waals surface area contributed by atoms with Crippen molar-refractivity contribution in [2.45, 2.75) is 132 Å². The second-order valence-corrected chi connectivity index (χ2v) is 18.4. The molecule has 290 valence electrons. The van der Waals surface area contributed by atoms with Crippen LogP contribution < -0.4 is 0 Å². The van der Waals surface area contributed by atoms with Gasteiger partial charge in [-0.2, -0.15) is 8.42 Å². The summed E-state index contributed by atoms with van der Waals surface area (Å²) >= 11 is 0. The van der Waals surface area contributed by atoms with Crippen LogP contribution in [0, 0.1) is 11.8 Å². The summed E-state index contributed by atoms with van der Waals surface area (Å²) in [6, 6.07) is 8.39. The Balaban J connectivity index is 1.45. The van der Waals surface area contributed by atoms with E-state index in [0.717, 1.165) is 11.8 Å². The molecule has 3 aliphatic rings. The van der Waals surface area contributed by atoms with E-state index in [2.05, 4.69) is 20.1 Å². The molecule has 0 amide bonds. The van der Waals surface area contributed by atoms with Crippen LogP contribution >= 0.6 is 0 Å². The Morgan fingerprint density at radius 1 is 1.06 bits per heavy atom. The van der Waals surface area contributed by atoms with Crippen LogP contribution in [-0.4, -0.2) is 114 Å². The van der Waals surface area contributed by atoms with Crippen LogP contribution in [0.4, 0.5) is 0 Å². The molecule has 3 saturated heterocycles. The summed E-state index contributed by atoms with van der Waals surface area (Å²) in [6.45, 7) is 14.4. The smallest absolute Gasteiger partial charge is 0.264 e. The molecule has 0 aromatic heterocycles. The second kappa shape index (κ2) is 18.1. The van der Waals surface area contributed by atoms with Gasteiger partial charge in [-0.3, -0.25) is 4.18 Å². The number of hydrogen-bond donors (Lipinski definition) is 2. The summed E-state index contributed by atoms with van der Waals surface area (Å²) in [6.07, 6.45) is 0.212. The van der Waals surface area contributed by atoms with Crippen molar-refractivity contribution in [1.29, 1.82) is 0 Å². The summed E-state index contributed by atoms with van der Waals surface area (Å²) in [5, 5.41) is 20.2. The summed E-state index contributed by atoms with van der Waals surface area (Å²) in [4.78, 5) is 0.242. The lowest BCUT2D eigenvalue weighted by atomic mass is 9.83. The molecule has 1 aromatic carbocycles. The lowest BCUT2D eigenvalue weighted by Crippen LogP contribution is -2.40. The number of benzene rings is 1. The number of aliphatic hydroxyl groups is 2. The van der Waals surface area contributed by atoms with Crippen LogP contribution in [0.3, 0.4) is 0 Å². The summed E-state index contributed by atoms with van der Waals surface area (Å²) in [7, 11) is -5.83. The third-order valence-electron chi connectivity index (χ3n) is 10.1. The highest BCUT2D eigenvalue weighted by Gasteiger charge is 2.50. The van der Waals surface area contributed by atoms with Gasteiger partial charge < -0.3 is 33.9 Å². The molecule has 12 nitrogen and oxygen atoms in total. The van der Waals surface area contributed by atoms with Crippen molar-refractivity contribution in [1.82, 2.24) is 0 Å². The van der Waals surface area contributed by atoms with Crippen LogP contribution in [0.25, 0.3) is 0 Å². The zero-order valence-corrected chi connectivity index (χ0v) is 32.3. The summed E-state index contributed by atoms with van der Waals surface area (Å²) < 4.78 is 87.2. The largest absolute Gasteiger partial charge is 0.396 e. The first-order valence-electron chi connectivity index (χ1n) is 17.9. The number of sulfone groups is 1. The Kier molecular flexibility index (Phi) is 14.9. The number of methoxy groups -OCH3 is 1. The third-order valence-corrected chi connectivity index (χ3v) is 12.6. The minimum absolute atomic E-state index is 0.104. The molecule has 10 atom stereocenters. The molecule has 0 bridgehead atoms. The first-order chi connectivity index (χ1) is 23.9. The molecule has 0 unspecified atom stereocenters. The quantitative estimate of drug-likeness (QED) is 0.152. The van der Waals surface area contributed by atoms with Crippen LogP contribution in [0.15, 0.2) is 59.5 Å². The lowest BCUT2D eigenvalue weighted by Gasteiger charge is -2.38. The van der Waals surface area contributed by atoms with Crippen molar-refractivity contribution in [3.63, 3.8) is 0 Å². The first kappa shape index (κ1) is 42.0. The molecule has 14 heteroatoms. The van der Waals surface area contributed by atoms with Crippen LogP contribution in [0.5, 0.6) is 0 Å². The third kappa shape index (κ3) is 12.1. The van der Waals surface area contributed by atoms with Gasteiger partial charge in [0.15, 0.2) is 15.6 Å². The van der Waals surface area contributed by atoms with E-state index >= 15 is 0 Å². The minimum atomic E-state index is -3.73. The highest BCUT2D eigenvalue weighted by Crippen LogP contribution is 2.41. The summed E-state index contributed by atoms with van der Waals surface area (Å²) in [5.74, 6) is -1.27. The molecule has 2 N–H and O–H groups in total. The van der Waals surface area contributed by atoms with Crippen LogP contribution in [-0.2, 0) is 47.8 Å². The highest BCUT2D eigenvalue weighted by atomic mass is 32.2. The molecule has 0 aliphatic carbocycles. The second-order valence-electron chi connectivity index (χ2n) is 14.8. The van der Waals surface area contributed by atoms with Gasteiger partial charge in [0.25, 0.3) is 10.1 Å². The van der Waals surface area contributed by atoms with Crippen molar-refractivity contribution in [3.05, 3.63) is 54.6 Å². The van der Waals surface area contributed by atoms with E-state index < -0.39 is 68.3 Å². The zero-order valence-electron chi connectivity index (χ0n) is 30.6. The van der Waals surface area contributed by atoms with Crippen molar-refractivity contribution in [3.8, 4) is 0 Å². The lowest BCUT2D eigenvalue weighted by molar-refractivity contribution is -0.144.